The highest BCUT2D eigenvalue weighted by molar-refractivity contribution is 5.29. The highest BCUT2D eigenvalue weighted by Crippen LogP contribution is 2.40. The van der Waals surface area contributed by atoms with Gasteiger partial charge in [-0.2, -0.15) is 0 Å². The molecule has 3 N–H and O–H groups in total. The fraction of sp³-hybridized carbons (Fsp3) is 0.500. The molecule has 0 heterocycles. The van der Waals surface area contributed by atoms with Crippen LogP contribution in [0.1, 0.15) is 42.3 Å². The first-order valence-corrected chi connectivity index (χ1v) is 5.27. The van der Waals surface area contributed by atoms with Gasteiger partial charge in [-0.3, -0.25) is 0 Å². The average Bonchev–Trinajstić information content (AvgIpc) is 3.02. The van der Waals surface area contributed by atoms with E-state index in [1.165, 1.54) is 18.4 Å². The molecule has 14 heavy (non-hydrogen) atoms. The van der Waals surface area contributed by atoms with Crippen LogP contribution in [0.3, 0.4) is 0 Å². The Balaban J connectivity index is 2.04. The summed E-state index contributed by atoms with van der Waals surface area (Å²) in [6.07, 6.45) is 3.31. The second-order valence-electron chi connectivity index (χ2n) is 4.06. The van der Waals surface area contributed by atoms with Crippen molar-refractivity contribution in [1.29, 1.82) is 0 Å². The molecule has 1 aliphatic carbocycles. The van der Waals surface area contributed by atoms with Crippen LogP contribution in [0, 0.1) is 0 Å². The molecule has 1 atom stereocenters. The minimum absolute atomic E-state index is 0.0201. The van der Waals surface area contributed by atoms with E-state index in [0.29, 0.717) is 6.42 Å². The van der Waals surface area contributed by atoms with Crippen molar-refractivity contribution < 1.29 is 5.11 Å². The third-order valence-electron chi connectivity index (χ3n) is 2.85. The maximum absolute atomic E-state index is 8.77. The zero-order chi connectivity index (χ0) is 9.97. The van der Waals surface area contributed by atoms with Crippen LogP contribution in [0.15, 0.2) is 24.3 Å². The summed E-state index contributed by atoms with van der Waals surface area (Å²) < 4.78 is 0. The number of nitrogens with two attached hydrogens (primary N) is 1. The van der Waals surface area contributed by atoms with Gasteiger partial charge < -0.3 is 10.8 Å². The molecule has 0 aliphatic heterocycles. The molecule has 0 saturated heterocycles. The Morgan fingerprint density at radius 3 is 2.43 bits per heavy atom. The SMILES string of the molecule is NC(CCO)c1ccc(C2CC2)cc1. The van der Waals surface area contributed by atoms with Gasteiger partial charge in [0.1, 0.15) is 0 Å². The highest BCUT2D eigenvalue weighted by atomic mass is 16.3. The van der Waals surface area contributed by atoms with Crippen LogP contribution in [0.2, 0.25) is 0 Å². The Bertz CT molecular complexity index is 290. The molecule has 2 heteroatoms. The molecule has 0 aromatic heterocycles. The van der Waals surface area contributed by atoms with Gasteiger partial charge >= 0.3 is 0 Å². The number of hydrogen-bond acceptors (Lipinski definition) is 2. The lowest BCUT2D eigenvalue weighted by Gasteiger charge is -2.10. The zero-order valence-corrected chi connectivity index (χ0v) is 8.32. The number of hydrogen-bond donors (Lipinski definition) is 2. The van der Waals surface area contributed by atoms with E-state index in [1.54, 1.807) is 0 Å². The number of aliphatic hydroxyl groups is 1. The monoisotopic (exact) mass is 191 g/mol. The van der Waals surface area contributed by atoms with E-state index in [2.05, 4.69) is 24.3 Å². The molecule has 76 valence electrons. The molecule has 0 amide bonds. The highest BCUT2D eigenvalue weighted by Gasteiger charge is 2.23. The van der Waals surface area contributed by atoms with E-state index in [4.69, 9.17) is 10.8 Å². The third kappa shape index (κ3) is 2.14. The van der Waals surface area contributed by atoms with Gasteiger partial charge in [-0.15, -0.1) is 0 Å². The first-order chi connectivity index (χ1) is 6.81. The molecule has 1 fully saturated rings. The van der Waals surface area contributed by atoms with Crippen molar-refractivity contribution in [3.63, 3.8) is 0 Å². The quantitative estimate of drug-likeness (QED) is 0.764. The van der Waals surface area contributed by atoms with Crippen molar-refractivity contribution in [2.24, 2.45) is 5.73 Å². The summed E-state index contributed by atoms with van der Waals surface area (Å²) in [7, 11) is 0. The topological polar surface area (TPSA) is 46.2 Å². The zero-order valence-electron chi connectivity index (χ0n) is 8.32. The molecule has 0 spiro atoms. The summed E-state index contributed by atoms with van der Waals surface area (Å²) in [6, 6.07) is 8.50. The molecule has 1 aliphatic rings. The number of rotatable bonds is 4. The molecule has 0 bridgehead atoms. The van der Waals surface area contributed by atoms with Crippen LogP contribution in [0.4, 0.5) is 0 Å². The van der Waals surface area contributed by atoms with Crippen molar-refractivity contribution in [1.82, 2.24) is 0 Å². The lowest BCUT2D eigenvalue weighted by molar-refractivity contribution is 0.276. The average molecular weight is 191 g/mol. The molecule has 2 rings (SSSR count). The smallest absolute Gasteiger partial charge is 0.0449 e. The predicted molar refractivity (Wildman–Crippen MR) is 57.0 cm³/mol. The van der Waals surface area contributed by atoms with Crippen LogP contribution in [0.5, 0.6) is 0 Å². The van der Waals surface area contributed by atoms with E-state index in [1.807, 2.05) is 0 Å². The summed E-state index contributed by atoms with van der Waals surface area (Å²) in [5.74, 6) is 0.804. The first-order valence-electron chi connectivity index (χ1n) is 5.27. The number of benzene rings is 1. The molecule has 0 radical (unpaired) electrons. The van der Waals surface area contributed by atoms with Crippen LogP contribution in [-0.2, 0) is 0 Å². The Kier molecular flexibility index (Phi) is 2.85. The Hall–Kier alpha value is -0.860. The van der Waals surface area contributed by atoms with Crippen LogP contribution in [0.25, 0.3) is 0 Å². The van der Waals surface area contributed by atoms with Crippen molar-refractivity contribution in [3.8, 4) is 0 Å². The van der Waals surface area contributed by atoms with Crippen molar-refractivity contribution >= 4 is 0 Å². The van der Waals surface area contributed by atoms with E-state index in [-0.39, 0.29) is 12.6 Å². The largest absolute Gasteiger partial charge is 0.396 e. The molecule has 1 saturated carbocycles. The van der Waals surface area contributed by atoms with Crippen LogP contribution in [-0.4, -0.2) is 11.7 Å². The minimum atomic E-state index is -0.0201. The van der Waals surface area contributed by atoms with E-state index in [9.17, 15) is 0 Å². The molecular weight excluding hydrogens is 174 g/mol. The van der Waals surface area contributed by atoms with Gasteiger partial charge in [0.25, 0.3) is 0 Å². The summed E-state index contributed by atoms with van der Waals surface area (Å²) in [5, 5.41) is 8.77. The normalized spacial score (nSPS) is 18.1. The third-order valence-corrected chi connectivity index (χ3v) is 2.85. The van der Waals surface area contributed by atoms with Crippen molar-refractivity contribution in [3.05, 3.63) is 35.4 Å². The Morgan fingerprint density at radius 2 is 1.93 bits per heavy atom. The lowest BCUT2D eigenvalue weighted by Crippen LogP contribution is -2.11. The Labute approximate surface area is 84.7 Å². The van der Waals surface area contributed by atoms with Crippen molar-refractivity contribution in [2.75, 3.05) is 6.61 Å². The molecule has 1 unspecified atom stereocenters. The van der Waals surface area contributed by atoms with E-state index >= 15 is 0 Å². The van der Waals surface area contributed by atoms with Crippen molar-refractivity contribution in [2.45, 2.75) is 31.2 Å². The van der Waals surface area contributed by atoms with Gasteiger partial charge in [0, 0.05) is 12.6 Å². The molecular formula is C12H17NO. The molecule has 2 nitrogen and oxygen atoms in total. The number of aliphatic hydroxyl groups excluding tert-OH is 1. The maximum atomic E-state index is 8.77. The lowest BCUT2D eigenvalue weighted by atomic mass is 10.0. The van der Waals surface area contributed by atoms with Crippen LogP contribution >= 0.6 is 0 Å². The van der Waals surface area contributed by atoms with Gasteiger partial charge in [0.05, 0.1) is 0 Å². The van der Waals surface area contributed by atoms with Crippen LogP contribution < -0.4 is 5.73 Å². The second-order valence-corrected chi connectivity index (χ2v) is 4.06. The first kappa shape index (κ1) is 9.69. The van der Waals surface area contributed by atoms with E-state index < -0.39 is 0 Å². The van der Waals surface area contributed by atoms with Gasteiger partial charge in [-0.25, -0.2) is 0 Å². The van der Waals surface area contributed by atoms with Gasteiger partial charge in [-0.1, -0.05) is 24.3 Å². The molecule has 1 aromatic rings. The molecule has 1 aromatic carbocycles. The fourth-order valence-corrected chi connectivity index (χ4v) is 1.74. The Morgan fingerprint density at radius 1 is 1.29 bits per heavy atom. The second kappa shape index (κ2) is 4.11. The maximum Gasteiger partial charge on any atom is 0.0449 e. The predicted octanol–water partition coefficient (Wildman–Crippen LogP) is 1.95. The van der Waals surface area contributed by atoms with Gasteiger partial charge in [0.15, 0.2) is 0 Å². The standard InChI is InChI=1S/C12H17NO/c13-12(7-8-14)11-5-3-10(4-6-11)9-1-2-9/h3-6,9,12,14H,1-2,7-8,13H2. The van der Waals surface area contributed by atoms with Gasteiger partial charge in [-0.05, 0) is 36.3 Å². The summed E-state index contributed by atoms with van der Waals surface area (Å²) in [4.78, 5) is 0. The summed E-state index contributed by atoms with van der Waals surface area (Å²) in [6.45, 7) is 0.158. The summed E-state index contributed by atoms with van der Waals surface area (Å²) in [5.41, 5.74) is 8.45. The van der Waals surface area contributed by atoms with Gasteiger partial charge in [0.2, 0.25) is 0 Å². The van der Waals surface area contributed by atoms with E-state index in [0.717, 1.165) is 11.5 Å². The minimum Gasteiger partial charge on any atom is -0.396 e. The fourth-order valence-electron chi connectivity index (χ4n) is 1.74. The summed E-state index contributed by atoms with van der Waals surface area (Å²) >= 11 is 0.